The van der Waals surface area contributed by atoms with Gasteiger partial charge >= 0.3 is 5.97 Å². The van der Waals surface area contributed by atoms with Gasteiger partial charge in [-0.3, -0.25) is 9.59 Å². The number of ketones is 1. The van der Waals surface area contributed by atoms with E-state index in [1.807, 2.05) is 0 Å². The summed E-state index contributed by atoms with van der Waals surface area (Å²) in [5.41, 5.74) is 2.39. The number of rotatable bonds is 10. The molecule has 5 heteroatoms. The van der Waals surface area contributed by atoms with Gasteiger partial charge in [-0.1, -0.05) is 13.0 Å². The number of Topliss-reactive ketones (excluding diaryl/α,β-unsaturated/α-hetero) is 1. The number of fused-ring (bicyclic) bond motifs is 1. The summed E-state index contributed by atoms with van der Waals surface area (Å²) in [4.78, 5) is 27.2. The summed E-state index contributed by atoms with van der Waals surface area (Å²) in [5, 5.41) is 12.2. The zero-order valence-electron chi connectivity index (χ0n) is 14.5. The van der Waals surface area contributed by atoms with Crippen LogP contribution in [-0.4, -0.2) is 28.4 Å². The number of carboxylic acids is 1. The van der Waals surface area contributed by atoms with E-state index in [1.165, 1.54) is 12.0 Å². The Morgan fingerprint density at radius 3 is 2.83 bits per heavy atom. The number of nitrogens with one attached hydrogen (secondary N) is 1. The average molecular weight is 332 g/mol. The fourth-order valence-corrected chi connectivity index (χ4v) is 2.99. The lowest BCUT2D eigenvalue weighted by atomic mass is 10.0. The molecule has 2 rings (SSSR count). The number of hydrogen-bond acceptors (Lipinski definition) is 4. The number of unbranched alkanes of at least 4 members (excludes halogenated alkanes) is 1. The van der Waals surface area contributed by atoms with E-state index >= 15 is 0 Å². The van der Waals surface area contributed by atoms with E-state index in [1.54, 1.807) is 6.92 Å². The second-order valence-electron chi connectivity index (χ2n) is 6.72. The molecule has 2 N–H and O–H groups in total. The first-order chi connectivity index (χ1) is 11.6. The maximum Gasteiger partial charge on any atom is 0.306 e. The largest absolute Gasteiger partial charge is 0.481 e. The molecule has 5 nitrogen and oxygen atoms in total. The van der Waals surface area contributed by atoms with Gasteiger partial charge in [0.2, 0.25) is 0 Å². The monoisotopic (exact) mass is 332 g/mol. The molecule has 0 aliphatic carbocycles. The molecule has 0 bridgehead atoms. The Labute approximate surface area is 143 Å². The van der Waals surface area contributed by atoms with Crippen LogP contribution in [0.5, 0.6) is 0 Å². The molecule has 1 unspecified atom stereocenters. The van der Waals surface area contributed by atoms with Crippen molar-refractivity contribution < 1.29 is 14.7 Å². The van der Waals surface area contributed by atoms with E-state index in [0.29, 0.717) is 25.7 Å². The highest BCUT2D eigenvalue weighted by Crippen LogP contribution is 2.20. The van der Waals surface area contributed by atoms with Gasteiger partial charge < -0.3 is 10.4 Å². The van der Waals surface area contributed by atoms with Crippen molar-refractivity contribution in [2.75, 3.05) is 11.9 Å². The maximum absolute atomic E-state index is 11.8. The highest BCUT2D eigenvalue weighted by molar-refractivity contribution is 5.78. The fourth-order valence-electron chi connectivity index (χ4n) is 2.99. The van der Waals surface area contributed by atoms with Crippen LogP contribution in [0.25, 0.3) is 0 Å². The summed E-state index contributed by atoms with van der Waals surface area (Å²) in [6.07, 6.45) is 7.34. The Morgan fingerprint density at radius 1 is 1.25 bits per heavy atom. The molecule has 0 saturated carbocycles. The molecule has 0 fully saturated rings. The Hall–Kier alpha value is -1.91. The van der Waals surface area contributed by atoms with Crippen LogP contribution >= 0.6 is 0 Å². The normalized spacial score (nSPS) is 14.5. The lowest BCUT2D eigenvalue weighted by Crippen LogP contribution is -2.14. The minimum absolute atomic E-state index is 0.243. The lowest BCUT2D eigenvalue weighted by Gasteiger charge is -2.17. The van der Waals surface area contributed by atoms with Gasteiger partial charge in [-0.25, -0.2) is 4.98 Å². The van der Waals surface area contributed by atoms with Gasteiger partial charge in [0, 0.05) is 25.1 Å². The summed E-state index contributed by atoms with van der Waals surface area (Å²) in [5.74, 6) is 0.131. The van der Waals surface area contributed by atoms with Crippen molar-refractivity contribution in [2.45, 2.75) is 64.7 Å². The molecule has 0 spiro atoms. The minimum atomic E-state index is -0.783. The number of carbonyl (C=O) groups excluding carboxylic acids is 1. The van der Waals surface area contributed by atoms with Gasteiger partial charge in [0.25, 0.3) is 0 Å². The number of aromatic nitrogens is 1. The molecule has 2 heterocycles. The minimum Gasteiger partial charge on any atom is -0.481 e. The third-order valence-corrected chi connectivity index (χ3v) is 4.60. The molecule has 1 atom stereocenters. The Balaban J connectivity index is 1.60. The fraction of sp³-hybridized carbons (Fsp3) is 0.632. The molecular weight excluding hydrogens is 304 g/mol. The zero-order chi connectivity index (χ0) is 17.4. The van der Waals surface area contributed by atoms with Crippen molar-refractivity contribution in [1.82, 2.24) is 4.98 Å². The van der Waals surface area contributed by atoms with E-state index in [-0.39, 0.29) is 11.7 Å². The predicted molar refractivity (Wildman–Crippen MR) is 94.3 cm³/mol. The van der Waals surface area contributed by atoms with Gasteiger partial charge in [0.1, 0.15) is 11.6 Å². The summed E-state index contributed by atoms with van der Waals surface area (Å²) < 4.78 is 0. The molecule has 132 valence electrons. The number of carboxylic acid groups (broad SMARTS) is 1. The van der Waals surface area contributed by atoms with Crippen LogP contribution in [-0.2, 0) is 22.4 Å². The van der Waals surface area contributed by atoms with Crippen molar-refractivity contribution in [3.05, 3.63) is 23.4 Å². The number of hydrogen-bond donors (Lipinski definition) is 2. The third-order valence-electron chi connectivity index (χ3n) is 4.60. The van der Waals surface area contributed by atoms with Crippen LogP contribution < -0.4 is 5.32 Å². The summed E-state index contributed by atoms with van der Waals surface area (Å²) in [6, 6.07) is 4.26. The second-order valence-corrected chi connectivity index (χ2v) is 6.72. The van der Waals surface area contributed by atoms with Gasteiger partial charge in [-0.2, -0.15) is 0 Å². The van der Waals surface area contributed by atoms with Crippen LogP contribution in [0.3, 0.4) is 0 Å². The number of nitrogens with zero attached hydrogens (tertiary/aromatic N) is 1. The van der Waals surface area contributed by atoms with Gasteiger partial charge in [-0.05, 0) is 56.6 Å². The Kier molecular flexibility index (Phi) is 7.22. The molecule has 0 amide bonds. The standard InChI is InChI=1S/C19H28N2O3/c1-14(19(23)24)6-4-10-17(22)9-3-2-8-16-12-11-15-7-5-13-20-18(15)21-16/h11-12,14H,2-10,13H2,1H3,(H,20,21)(H,23,24). The third kappa shape index (κ3) is 5.95. The second kappa shape index (κ2) is 9.40. The predicted octanol–water partition coefficient (Wildman–Crippen LogP) is 3.61. The number of anilines is 1. The van der Waals surface area contributed by atoms with Gasteiger partial charge in [-0.15, -0.1) is 0 Å². The molecule has 0 saturated heterocycles. The highest BCUT2D eigenvalue weighted by Gasteiger charge is 2.12. The SMILES string of the molecule is CC(CCCC(=O)CCCCc1ccc2c(n1)NCCC2)C(=O)O. The van der Waals surface area contributed by atoms with Gasteiger partial charge in [0.05, 0.1) is 5.92 Å². The number of pyridine rings is 1. The van der Waals surface area contributed by atoms with Crippen LogP contribution in [0.15, 0.2) is 12.1 Å². The first-order valence-corrected chi connectivity index (χ1v) is 9.03. The molecule has 0 radical (unpaired) electrons. The van der Waals surface area contributed by atoms with Crippen LogP contribution in [0.1, 0.15) is 63.1 Å². The molecule has 1 aliphatic rings. The number of aryl methyl sites for hydroxylation is 2. The zero-order valence-corrected chi connectivity index (χ0v) is 14.5. The van der Waals surface area contributed by atoms with Crippen molar-refractivity contribution >= 4 is 17.6 Å². The van der Waals surface area contributed by atoms with E-state index in [2.05, 4.69) is 22.4 Å². The molecule has 1 aliphatic heterocycles. The van der Waals surface area contributed by atoms with Crippen molar-refractivity contribution in [3.63, 3.8) is 0 Å². The topological polar surface area (TPSA) is 79.3 Å². The summed E-state index contributed by atoms with van der Waals surface area (Å²) in [7, 11) is 0. The molecule has 24 heavy (non-hydrogen) atoms. The Bertz CT molecular complexity index is 572. The van der Waals surface area contributed by atoms with Crippen molar-refractivity contribution in [3.8, 4) is 0 Å². The summed E-state index contributed by atoms with van der Waals surface area (Å²) >= 11 is 0. The molecule has 1 aromatic heterocycles. The van der Waals surface area contributed by atoms with E-state index < -0.39 is 5.97 Å². The van der Waals surface area contributed by atoms with Crippen LogP contribution in [0.2, 0.25) is 0 Å². The molecule has 0 aromatic carbocycles. The smallest absolute Gasteiger partial charge is 0.306 e. The van der Waals surface area contributed by atoms with Gasteiger partial charge in [0.15, 0.2) is 0 Å². The first-order valence-electron chi connectivity index (χ1n) is 9.03. The van der Waals surface area contributed by atoms with Crippen LogP contribution in [0.4, 0.5) is 5.82 Å². The van der Waals surface area contributed by atoms with Crippen LogP contribution in [0, 0.1) is 5.92 Å². The summed E-state index contributed by atoms with van der Waals surface area (Å²) in [6.45, 7) is 2.69. The van der Waals surface area contributed by atoms with Crippen molar-refractivity contribution in [2.24, 2.45) is 5.92 Å². The molecular formula is C19H28N2O3. The average Bonchev–Trinajstić information content (AvgIpc) is 2.58. The number of carbonyl (C=O) groups is 2. The lowest BCUT2D eigenvalue weighted by molar-refractivity contribution is -0.141. The highest BCUT2D eigenvalue weighted by atomic mass is 16.4. The molecule has 1 aromatic rings. The van der Waals surface area contributed by atoms with E-state index in [0.717, 1.165) is 43.7 Å². The maximum atomic E-state index is 11.8. The van der Waals surface area contributed by atoms with Crippen molar-refractivity contribution in [1.29, 1.82) is 0 Å². The quantitative estimate of drug-likeness (QED) is 0.640. The first kappa shape index (κ1) is 18.4. The number of aliphatic carboxylic acids is 1. The van der Waals surface area contributed by atoms with E-state index in [9.17, 15) is 9.59 Å². The van der Waals surface area contributed by atoms with E-state index in [4.69, 9.17) is 5.11 Å². The Morgan fingerprint density at radius 2 is 2.04 bits per heavy atom.